The number of nitrogens with zero attached hydrogens (tertiary/aromatic N) is 2. The van der Waals surface area contributed by atoms with Crippen molar-refractivity contribution >= 4 is 17.2 Å². The molecule has 0 spiro atoms. The highest BCUT2D eigenvalue weighted by molar-refractivity contribution is 7.10. The normalized spacial score (nSPS) is 20.4. The van der Waals surface area contributed by atoms with Crippen molar-refractivity contribution in [3.63, 3.8) is 0 Å². The molecule has 0 aliphatic carbocycles. The van der Waals surface area contributed by atoms with E-state index in [9.17, 15) is 4.79 Å². The Morgan fingerprint density at radius 3 is 2.43 bits per heavy atom. The van der Waals surface area contributed by atoms with Crippen LogP contribution < -0.4 is 5.32 Å². The topological polar surface area (TPSA) is 35.6 Å². The molecule has 5 heteroatoms. The van der Waals surface area contributed by atoms with E-state index >= 15 is 0 Å². The third-order valence-electron chi connectivity index (χ3n) is 4.13. The molecule has 4 nitrogen and oxygen atoms in total. The maximum Gasteiger partial charge on any atom is 0.222 e. The molecule has 1 aliphatic heterocycles. The fourth-order valence-corrected chi connectivity index (χ4v) is 3.74. The molecule has 2 rings (SSSR count). The average Bonchev–Trinajstić information content (AvgIpc) is 2.95. The number of nitrogens with one attached hydrogen (secondary N) is 1. The van der Waals surface area contributed by atoms with Crippen molar-refractivity contribution < 1.29 is 4.79 Å². The first kappa shape index (κ1) is 16.5. The summed E-state index contributed by atoms with van der Waals surface area (Å²) >= 11 is 1.78. The van der Waals surface area contributed by atoms with Crippen LogP contribution in [0.2, 0.25) is 0 Å². The molecule has 0 bridgehead atoms. The van der Waals surface area contributed by atoms with Gasteiger partial charge >= 0.3 is 0 Å². The maximum atomic E-state index is 12.0. The van der Waals surface area contributed by atoms with Crippen LogP contribution in [0.4, 0.5) is 0 Å². The number of thiophene rings is 1. The number of piperazine rings is 1. The molecule has 2 atom stereocenters. The molecule has 1 amide bonds. The van der Waals surface area contributed by atoms with Gasteiger partial charge in [0.15, 0.2) is 0 Å². The van der Waals surface area contributed by atoms with Gasteiger partial charge in [0.25, 0.3) is 0 Å². The molecule has 1 aromatic heterocycles. The molecular formula is C16H27N3OS. The van der Waals surface area contributed by atoms with Crippen molar-refractivity contribution in [3.8, 4) is 0 Å². The summed E-state index contributed by atoms with van der Waals surface area (Å²) in [6, 6.07) is 4.69. The van der Waals surface area contributed by atoms with Crippen LogP contribution in [0.15, 0.2) is 17.5 Å². The standard InChI is InChI=1S/C16H27N3OS/c1-12(2)16(20)17-13(3)15(14-6-5-11-21-14)19-9-7-18(4)8-10-19/h5-6,11-13,15H,7-10H2,1-4H3,(H,17,20)/t13-,15-/m1/s1. The largest absolute Gasteiger partial charge is 0.351 e. The Bertz CT molecular complexity index is 438. The summed E-state index contributed by atoms with van der Waals surface area (Å²) in [6.45, 7) is 10.3. The minimum Gasteiger partial charge on any atom is -0.351 e. The molecule has 0 radical (unpaired) electrons. The number of amides is 1. The van der Waals surface area contributed by atoms with Crippen LogP contribution in [-0.2, 0) is 4.79 Å². The lowest BCUT2D eigenvalue weighted by atomic mass is 10.0. The molecule has 0 saturated carbocycles. The monoisotopic (exact) mass is 309 g/mol. The lowest BCUT2D eigenvalue weighted by Gasteiger charge is -2.40. The molecule has 1 aliphatic rings. The molecule has 1 saturated heterocycles. The summed E-state index contributed by atoms with van der Waals surface area (Å²) in [6.07, 6.45) is 0. The van der Waals surface area contributed by atoms with Crippen molar-refractivity contribution in [2.45, 2.75) is 32.9 Å². The lowest BCUT2D eigenvalue weighted by Crippen LogP contribution is -2.51. The van der Waals surface area contributed by atoms with E-state index in [0.29, 0.717) is 0 Å². The molecular weight excluding hydrogens is 282 g/mol. The zero-order chi connectivity index (χ0) is 15.4. The zero-order valence-corrected chi connectivity index (χ0v) is 14.3. The third kappa shape index (κ3) is 4.28. The zero-order valence-electron chi connectivity index (χ0n) is 13.5. The molecule has 1 fully saturated rings. The van der Waals surface area contributed by atoms with E-state index in [-0.39, 0.29) is 23.9 Å². The molecule has 21 heavy (non-hydrogen) atoms. The summed E-state index contributed by atoms with van der Waals surface area (Å²) in [5, 5.41) is 5.31. The van der Waals surface area contributed by atoms with Gasteiger partial charge in [0, 0.05) is 43.0 Å². The minimum absolute atomic E-state index is 0.0314. The van der Waals surface area contributed by atoms with Crippen molar-refractivity contribution in [2.24, 2.45) is 5.92 Å². The van der Waals surface area contributed by atoms with E-state index in [4.69, 9.17) is 0 Å². The second-order valence-corrected chi connectivity index (χ2v) is 7.23. The quantitative estimate of drug-likeness (QED) is 0.906. The van der Waals surface area contributed by atoms with Gasteiger partial charge < -0.3 is 10.2 Å². The lowest BCUT2D eigenvalue weighted by molar-refractivity contribution is -0.125. The third-order valence-corrected chi connectivity index (χ3v) is 5.08. The van der Waals surface area contributed by atoms with Crippen LogP contribution in [0.25, 0.3) is 0 Å². The number of carbonyl (C=O) groups excluding carboxylic acids is 1. The van der Waals surface area contributed by atoms with Gasteiger partial charge in [0.1, 0.15) is 0 Å². The first-order chi connectivity index (χ1) is 9.99. The van der Waals surface area contributed by atoms with E-state index in [1.807, 2.05) is 13.8 Å². The maximum absolute atomic E-state index is 12.0. The van der Waals surface area contributed by atoms with Gasteiger partial charge in [-0.15, -0.1) is 11.3 Å². The summed E-state index contributed by atoms with van der Waals surface area (Å²) in [4.78, 5) is 18.2. The Hall–Kier alpha value is -0.910. The van der Waals surface area contributed by atoms with Crippen LogP contribution in [-0.4, -0.2) is 55.0 Å². The van der Waals surface area contributed by atoms with E-state index in [0.717, 1.165) is 26.2 Å². The van der Waals surface area contributed by atoms with Crippen molar-refractivity contribution in [1.29, 1.82) is 0 Å². The smallest absolute Gasteiger partial charge is 0.222 e. The number of hydrogen-bond donors (Lipinski definition) is 1. The predicted molar refractivity (Wildman–Crippen MR) is 88.6 cm³/mol. The summed E-state index contributed by atoms with van der Waals surface area (Å²) < 4.78 is 0. The van der Waals surface area contributed by atoms with Gasteiger partial charge in [0.2, 0.25) is 5.91 Å². The fourth-order valence-electron chi connectivity index (χ4n) is 2.77. The number of likely N-dealkylation sites (N-methyl/N-ethyl adjacent to an activating group) is 1. The van der Waals surface area contributed by atoms with E-state index in [1.54, 1.807) is 11.3 Å². The highest BCUT2D eigenvalue weighted by atomic mass is 32.1. The van der Waals surface area contributed by atoms with Gasteiger partial charge in [-0.1, -0.05) is 19.9 Å². The van der Waals surface area contributed by atoms with Crippen LogP contribution in [0, 0.1) is 5.92 Å². The minimum atomic E-state index is 0.0314. The first-order valence-electron chi connectivity index (χ1n) is 7.75. The number of carbonyl (C=O) groups is 1. The van der Waals surface area contributed by atoms with E-state index in [1.165, 1.54) is 4.88 Å². The first-order valence-corrected chi connectivity index (χ1v) is 8.63. The van der Waals surface area contributed by atoms with E-state index < -0.39 is 0 Å². The molecule has 1 aromatic rings. The summed E-state index contributed by atoms with van der Waals surface area (Å²) in [5.74, 6) is 0.169. The van der Waals surface area contributed by atoms with Crippen LogP contribution in [0.3, 0.4) is 0 Å². The Morgan fingerprint density at radius 1 is 1.24 bits per heavy atom. The van der Waals surface area contributed by atoms with Gasteiger partial charge in [-0.3, -0.25) is 9.69 Å². The second-order valence-electron chi connectivity index (χ2n) is 6.25. The van der Waals surface area contributed by atoms with Crippen LogP contribution in [0.1, 0.15) is 31.7 Å². The molecule has 0 aromatic carbocycles. The number of hydrogen-bond acceptors (Lipinski definition) is 4. The molecule has 1 N–H and O–H groups in total. The second kappa shape index (κ2) is 7.38. The predicted octanol–water partition coefficient (Wildman–Crippen LogP) is 2.20. The van der Waals surface area contributed by atoms with Crippen molar-refractivity contribution in [3.05, 3.63) is 22.4 Å². The highest BCUT2D eigenvalue weighted by Crippen LogP contribution is 2.29. The summed E-state index contributed by atoms with van der Waals surface area (Å²) in [5.41, 5.74) is 0. The molecule has 2 heterocycles. The fraction of sp³-hybridized carbons (Fsp3) is 0.688. The molecule has 0 unspecified atom stereocenters. The van der Waals surface area contributed by atoms with Gasteiger partial charge in [0.05, 0.1) is 6.04 Å². The van der Waals surface area contributed by atoms with Crippen molar-refractivity contribution in [1.82, 2.24) is 15.1 Å². The average molecular weight is 309 g/mol. The Morgan fingerprint density at radius 2 is 1.90 bits per heavy atom. The Labute approximate surface area is 132 Å². The van der Waals surface area contributed by atoms with Gasteiger partial charge in [-0.25, -0.2) is 0 Å². The van der Waals surface area contributed by atoms with Gasteiger partial charge in [-0.2, -0.15) is 0 Å². The molecule has 118 valence electrons. The van der Waals surface area contributed by atoms with E-state index in [2.05, 4.69) is 46.6 Å². The summed E-state index contributed by atoms with van der Waals surface area (Å²) in [7, 11) is 2.17. The SMILES string of the molecule is CC(C)C(=O)N[C@H](C)[C@H](c1cccs1)N1CCN(C)CC1. The van der Waals surface area contributed by atoms with Gasteiger partial charge in [-0.05, 0) is 25.4 Å². The van der Waals surface area contributed by atoms with Crippen LogP contribution in [0.5, 0.6) is 0 Å². The van der Waals surface area contributed by atoms with Crippen LogP contribution >= 0.6 is 11.3 Å². The van der Waals surface area contributed by atoms with Crippen molar-refractivity contribution in [2.75, 3.05) is 33.2 Å². The Kier molecular flexibility index (Phi) is 5.79. The highest BCUT2D eigenvalue weighted by Gasteiger charge is 2.30. The Balaban J connectivity index is 2.11. The number of rotatable bonds is 5.